The summed E-state index contributed by atoms with van der Waals surface area (Å²) >= 11 is 3.38. The Morgan fingerprint density at radius 1 is 1.45 bits per heavy atom. The van der Waals surface area contributed by atoms with Crippen LogP contribution < -0.4 is 0 Å². The van der Waals surface area contributed by atoms with Gasteiger partial charge in [-0.05, 0) is 37.7 Å². The highest BCUT2D eigenvalue weighted by molar-refractivity contribution is 7.99. The maximum Gasteiger partial charge on any atom is 0.303 e. The molecule has 4 nitrogen and oxygen atoms in total. The third-order valence-electron chi connectivity index (χ3n) is 3.93. The molecule has 0 atom stereocenters. The van der Waals surface area contributed by atoms with E-state index in [1.54, 1.807) is 29.4 Å². The van der Waals surface area contributed by atoms with Crippen LogP contribution in [0.25, 0.3) is 10.2 Å². The van der Waals surface area contributed by atoms with E-state index in [4.69, 9.17) is 5.11 Å². The van der Waals surface area contributed by atoms with Crippen LogP contribution in [0, 0.1) is 19.3 Å². The average molecular weight is 308 g/mol. The highest BCUT2D eigenvalue weighted by Gasteiger charge is 2.44. The van der Waals surface area contributed by atoms with Gasteiger partial charge >= 0.3 is 5.97 Å². The number of carboxylic acid groups (broad SMARTS) is 1. The molecule has 2 aromatic rings. The normalized spacial score (nSPS) is 16.5. The van der Waals surface area contributed by atoms with Crippen molar-refractivity contribution in [3.05, 3.63) is 16.8 Å². The Bertz CT molecular complexity index is 677. The van der Waals surface area contributed by atoms with Gasteiger partial charge in [-0.3, -0.25) is 4.79 Å². The highest BCUT2D eigenvalue weighted by atomic mass is 32.2. The Hall–Kier alpha value is -1.14. The van der Waals surface area contributed by atoms with Crippen LogP contribution in [0.3, 0.4) is 0 Å². The maximum atomic E-state index is 10.9. The number of nitrogens with zero attached hydrogens (tertiary/aromatic N) is 2. The van der Waals surface area contributed by atoms with E-state index >= 15 is 0 Å². The van der Waals surface area contributed by atoms with Crippen LogP contribution in [-0.4, -0.2) is 26.8 Å². The zero-order valence-corrected chi connectivity index (χ0v) is 13.1. The van der Waals surface area contributed by atoms with Crippen LogP contribution in [0.5, 0.6) is 0 Å². The van der Waals surface area contributed by atoms with Crippen LogP contribution in [0.15, 0.2) is 11.4 Å². The summed E-state index contributed by atoms with van der Waals surface area (Å²) in [5.74, 6) is 0.137. The zero-order valence-electron chi connectivity index (χ0n) is 11.5. The SMILES string of the molecule is Cc1sc2ncnc(SCC3(CC(=O)O)CC3)c2c1C. The van der Waals surface area contributed by atoms with E-state index in [-0.39, 0.29) is 11.8 Å². The molecule has 0 amide bonds. The zero-order chi connectivity index (χ0) is 14.3. The van der Waals surface area contributed by atoms with Gasteiger partial charge in [0.2, 0.25) is 0 Å². The number of rotatable bonds is 5. The minimum absolute atomic E-state index is 0.00720. The molecular formula is C14H16N2O2S2. The van der Waals surface area contributed by atoms with E-state index in [2.05, 4.69) is 23.8 Å². The molecule has 0 unspecified atom stereocenters. The summed E-state index contributed by atoms with van der Waals surface area (Å²) in [6.07, 6.45) is 3.91. The Kier molecular flexibility index (Phi) is 3.46. The highest BCUT2D eigenvalue weighted by Crippen LogP contribution is 2.52. The van der Waals surface area contributed by atoms with E-state index < -0.39 is 5.97 Å². The Labute approximate surface area is 125 Å². The lowest BCUT2D eigenvalue weighted by atomic mass is 10.1. The number of fused-ring (bicyclic) bond motifs is 1. The van der Waals surface area contributed by atoms with Gasteiger partial charge < -0.3 is 5.11 Å². The van der Waals surface area contributed by atoms with Crippen LogP contribution >= 0.6 is 23.1 Å². The fraction of sp³-hybridized carbons (Fsp3) is 0.500. The van der Waals surface area contributed by atoms with Crippen LogP contribution in [0.4, 0.5) is 0 Å². The number of carboxylic acids is 1. The molecule has 0 spiro atoms. The van der Waals surface area contributed by atoms with E-state index in [1.807, 2.05) is 0 Å². The number of hydrogen-bond donors (Lipinski definition) is 1. The van der Waals surface area contributed by atoms with Crippen molar-refractivity contribution >= 4 is 39.3 Å². The smallest absolute Gasteiger partial charge is 0.303 e. The molecule has 0 saturated heterocycles. The molecule has 1 fully saturated rings. The minimum atomic E-state index is -0.696. The predicted octanol–water partition coefficient (Wildman–Crippen LogP) is 3.66. The molecule has 1 N–H and O–H groups in total. The van der Waals surface area contributed by atoms with Gasteiger partial charge in [-0.25, -0.2) is 9.97 Å². The molecule has 6 heteroatoms. The molecule has 2 heterocycles. The molecule has 3 rings (SSSR count). The lowest BCUT2D eigenvalue weighted by Gasteiger charge is -2.11. The third kappa shape index (κ3) is 2.54. The monoisotopic (exact) mass is 308 g/mol. The second-order valence-electron chi connectivity index (χ2n) is 5.50. The number of aromatic nitrogens is 2. The number of thioether (sulfide) groups is 1. The van der Waals surface area contributed by atoms with Crippen LogP contribution in [0.2, 0.25) is 0 Å². The Balaban J connectivity index is 1.83. The van der Waals surface area contributed by atoms with Crippen molar-refractivity contribution in [2.45, 2.75) is 38.1 Å². The molecular weight excluding hydrogens is 292 g/mol. The first kappa shape index (κ1) is 13.8. The Morgan fingerprint density at radius 3 is 2.85 bits per heavy atom. The first-order valence-electron chi connectivity index (χ1n) is 6.56. The van der Waals surface area contributed by atoms with Crippen LogP contribution in [-0.2, 0) is 4.79 Å². The number of carbonyl (C=O) groups is 1. The molecule has 0 radical (unpaired) electrons. The average Bonchev–Trinajstić information content (AvgIpc) is 3.08. The topological polar surface area (TPSA) is 63.1 Å². The standard InChI is InChI=1S/C14H16N2O2S2/c1-8-9(2)20-13-11(8)12(15-7-16-13)19-6-14(3-4-14)5-10(17)18/h7H,3-6H2,1-2H3,(H,17,18). The number of hydrogen-bond acceptors (Lipinski definition) is 5. The fourth-order valence-electron chi connectivity index (χ4n) is 2.35. The van der Waals surface area contributed by atoms with Gasteiger partial charge in [0.15, 0.2) is 0 Å². The van der Waals surface area contributed by atoms with Gasteiger partial charge in [-0.2, -0.15) is 0 Å². The second kappa shape index (κ2) is 5.00. The van der Waals surface area contributed by atoms with Crippen LogP contribution in [0.1, 0.15) is 29.7 Å². The van der Waals surface area contributed by atoms with Gasteiger partial charge in [-0.15, -0.1) is 23.1 Å². The first-order chi connectivity index (χ1) is 9.51. The lowest BCUT2D eigenvalue weighted by molar-refractivity contribution is -0.138. The Morgan fingerprint density at radius 2 is 2.20 bits per heavy atom. The van der Waals surface area contributed by atoms with Crippen molar-refractivity contribution in [2.24, 2.45) is 5.41 Å². The molecule has 1 aliphatic carbocycles. The number of aliphatic carboxylic acids is 1. The first-order valence-corrected chi connectivity index (χ1v) is 8.36. The van der Waals surface area contributed by atoms with E-state index in [0.29, 0.717) is 0 Å². The lowest BCUT2D eigenvalue weighted by Crippen LogP contribution is -2.11. The summed E-state index contributed by atoms with van der Waals surface area (Å²) in [5, 5.41) is 11.1. The minimum Gasteiger partial charge on any atom is -0.481 e. The van der Waals surface area contributed by atoms with Gasteiger partial charge in [0.1, 0.15) is 16.2 Å². The van der Waals surface area contributed by atoms with Crippen molar-refractivity contribution in [3.8, 4) is 0 Å². The summed E-state index contributed by atoms with van der Waals surface area (Å²) in [6.45, 7) is 4.20. The summed E-state index contributed by atoms with van der Waals surface area (Å²) in [6, 6.07) is 0. The molecule has 106 valence electrons. The van der Waals surface area contributed by atoms with Crippen molar-refractivity contribution in [1.29, 1.82) is 0 Å². The van der Waals surface area contributed by atoms with Gasteiger partial charge in [0.25, 0.3) is 0 Å². The predicted molar refractivity (Wildman–Crippen MR) is 81.5 cm³/mol. The number of thiophene rings is 1. The fourth-order valence-corrected chi connectivity index (χ4v) is 4.76. The van der Waals surface area contributed by atoms with E-state index in [9.17, 15) is 4.79 Å². The van der Waals surface area contributed by atoms with Gasteiger partial charge in [0.05, 0.1) is 6.42 Å². The molecule has 1 saturated carbocycles. The summed E-state index contributed by atoms with van der Waals surface area (Å²) in [4.78, 5) is 21.9. The molecule has 0 aromatic carbocycles. The quantitative estimate of drug-likeness (QED) is 0.674. The molecule has 0 bridgehead atoms. The maximum absolute atomic E-state index is 10.9. The number of aryl methyl sites for hydroxylation is 2. The summed E-state index contributed by atoms with van der Waals surface area (Å²) in [5.41, 5.74) is 1.24. The third-order valence-corrected chi connectivity index (χ3v) is 6.38. The van der Waals surface area contributed by atoms with Crippen molar-refractivity contribution in [1.82, 2.24) is 9.97 Å². The summed E-state index contributed by atoms with van der Waals surface area (Å²) in [7, 11) is 0. The van der Waals surface area contributed by atoms with Gasteiger partial charge in [-0.1, -0.05) is 0 Å². The van der Waals surface area contributed by atoms with Crippen molar-refractivity contribution in [2.75, 3.05) is 5.75 Å². The van der Waals surface area contributed by atoms with Crippen molar-refractivity contribution in [3.63, 3.8) is 0 Å². The largest absolute Gasteiger partial charge is 0.481 e. The van der Waals surface area contributed by atoms with Crippen molar-refractivity contribution < 1.29 is 9.90 Å². The van der Waals surface area contributed by atoms with Gasteiger partial charge in [0, 0.05) is 16.0 Å². The molecule has 20 heavy (non-hydrogen) atoms. The molecule has 0 aliphatic heterocycles. The van der Waals surface area contributed by atoms with E-state index in [0.717, 1.165) is 33.8 Å². The molecule has 2 aromatic heterocycles. The second-order valence-corrected chi connectivity index (χ2v) is 7.67. The van der Waals surface area contributed by atoms with E-state index in [1.165, 1.54) is 10.4 Å². The summed E-state index contributed by atoms with van der Waals surface area (Å²) < 4.78 is 0. The molecule has 1 aliphatic rings.